The topological polar surface area (TPSA) is 142 Å². The molecule has 0 saturated carbocycles. The van der Waals surface area contributed by atoms with E-state index in [0.717, 1.165) is 0 Å². The molecule has 0 aliphatic carbocycles. The number of hydrogen-bond acceptors (Lipinski definition) is 6. The highest BCUT2D eigenvalue weighted by Gasteiger charge is 2.13. The van der Waals surface area contributed by atoms with Gasteiger partial charge in [0.15, 0.2) is 5.84 Å². The van der Waals surface area contributed by atoms with Gasteiger partial charge in [-0.3, -0.25) is 9.89 Å². The fourth-order valence-electron chi connectivity index (χ4n) is 1.23. The molecule has 2 heterocycles. The Kier molecular flexibility index (Phi) is 3.14. The minimum absolute atomic E-state index is 0.164. The number of anilines is 1. The van der Waals surface area contributed by atoms with Gasteiger partial charge >= 0.3 is 0 Å². The Morgan fingerprint density at radius 3 is 2.78 bits per heavy atom. The third kappa shape index (κ3) is 2.24. The number of nitrogens with zero attached hydrogens (tertiary/aromatic N) is 4. The van der Waals surface area contributed by atoms with Gasteiger partial charge in [-0.15, -0.1) is 0 Å². The van der Waals surface area contributed by atoms with E-state index < -0.39 is 5.91 Å². The van der Waals surface area contributed by atoms with Crippen molar-refractivity contribution in [2.24, 2.45) is 10.9 Å². The number of amidine groups is 1. The molecule has 9 heteroatoms. The maximum Gasteiger partial charge on any atom is 0.259 e. The molecule has 0 aromatic carbocycles. The maximum atomic E-state index is 11.8. The molecular weight excluding hydrogens is 238 g/mol. The fraction of sp³-hybridized carbons (Fsp3) is 0. The quantitative estimate of drug-likeness (QED) is 0.250. The number of oxime groups is 1. The third-order valence-corrected chi connectivity index (χ3v) is 2.08. The molecule has 0 unspecified atom stereocenters. The first-order valence-electron chi connectivity index (χ1n) is 4.80. The number of hydrogen-bond donors (Lipinski definition) is 4. The number of H-pyrrole nitrogens is 1. The molecule has 0 saturated heterocycles. The van der Waals surface area contributed by atoms with Gasteiger partial charge in [0.25, 0.3) is 5.91 Å². The summed E-state index contributed by atoms with van der Waals surface area (Å²) in [6.45, 7) is 0. The molecule has 9 nitrogen and oxygen atoms in total. The summed E-state index contributed by atoms with van der Waals surface area (Å²) in [5.41, 5.74) is 5.97. The van der Waals surface area contributed by atoms with Crippen molar-refractivity contribution in [2.45, 2.75) is 0 Å². The summed E-state index contributed by atoms with van der Waals surface area (Å²) < 4.78 is 0. The smallest absolute Gasteiger partial charge is 0.259 e. The van der Waals surface area contributed by atoms with Gasteiger partial charge in [0, 0.05) is 12.4 Å². The van der Waals surface area contributed by atoms with E-state index in [9.17, 15) is 4.79 Å². The average molecular weight is 247 g/mol. The monoisotopic (exact) mass is 247 g/mol. The van der Waals surface area contributed by atoms with Gasteiger partial charge in [-0.2, -0.15) is 5.10 Å². The molecule has 18 heavy (non-hydrogen) atoms. The largest absolute Gasteiger partial charge is 0.409 e. The first-order valence-corrected chi connectivity index (χ1v) is 4.80. The van der Waals surface area contributed by atoms with Gasteiger partial charge in [0.05, 0.1) is 17.3 Å². The van der Waals surface area contributed by atoms with Gasteiger partial charge in [0.2, 0.25) is 0 Å². The van der Waals surface area contributed by atoms with Crippen molar-refractivity contribution in [1.82, 2.24) is 20.2 Å². The lowest BCUT2D eigenvalue weighted by atomic mass is 10.3. The maximum absolute atomic E-state index is 11.8. The van der Waals surface area contributed by atoms with Gasteiger partial charge in [-0.25, -0.2) is 9.97 Å². The molecule has 0 bridgehead atoms. The standard InChI is InChI=1S/C9H9N7O2/c10-7(16-18)6-3-13-15-8(6)14-9(17)5-1-11-4-12-2-5/h1-4,18H,(H2,10,16)(H2,13,14,15,17). The summed E-state index contributed by atoms with van der Waals surface area (Å²) in [4.78, 5) is 19.2. The number of rotatable bonds is 3. The summed E-state index contributed by atoms with van der Waals surface area (Å²) in [5, 5.41) is 20.1. The zero-order valence-electron chi connectivity index (χ0n) is 9.03. The number of aromatic nitrogens is 4. The molecule has 1 amide bonds. The van der Waals surface area contributed by atoms with E-state index in [1.54, 1.807) is 0 Å². The second kappa shape index (κ2) is 4.91. The van der Waals surface area contributed by atoms with E-state index in [-0.39, 0.29) is 22.8 Å². The summed E-state index contributed by atoms with van der Waals surface area (Å²) >= 11 is 0. The summed E-state index contributed by atoms with van der Waals surface area (Å²) in [5.74, 6) is -0.380. The van der Waals surface area contributed by atoms with Gasteiger partial charge in [-0.05, 0) is 0 Å². The SMILES string of the molecule is NC(=NO)c1cn[nH]c1NC(=O)c1cncnc1. The molecule has 5 N–H and O–H groups in total. The molecular formula is C9H9N7O2. The fourth-order valence-corrected chi connectivity index (χ4v) is 1.23. The molecule has 2 rings (SSSR count). The van der Waals surface area contributed by atoms with Crippen molar-refractivity contribution < 1.29 is 10.0 Å². The van der Waals surface area contributed by atoms with Crippen molar-refractivity contribution in [3.63, 3.8) is 0 Å². The normalized spacial score (nSPS) is 11.2. The molecule has 0 aliphatic heterocycles. The van der Waals surface area contributed by atoms with E-state index in [2.05, 4.69) is 30.6 Å². The number of aromatic amines is 1. The highest BCUT2D eigenvalue weighted by atomic mass is 16.4. The predicted molar refractivity (Wildman–Crippen MR) is 61.1 cm³/mol. The molecule has 0 aliphatic rings. The highest BCUT2D eigenvalue weighted by molar-refractivity contribution is 6.08. The zero-order chi connectivity index (χ0) is 13.0. The van der Waals surface area contributed by atoms with E-state index in [0.29, 0.717) is 0 Å². The second-order valence-electron chi connectivity index (χ2n) is 3.23. The van der Waals surface area contributed by atoms with Crippen molar-refractivity contribution in [2.75, 3.05) is 5.32 Å². The van der Waals surface area contributed by atoms with E-state index in [4.69, 9.17) is 10.9 Å². The van der Waals surface area contributed by atoms with Crippen LogP contribution in [-0.4, -0.2) is 37.1 Å². The Morgan fingerprint density at radius 2 is 2.11 bits per heavy atom. The lowest BCUT2D eigenvalue weighted by Crippen LogP contribution is -2.18. The Bertz CT molecular complexity index is 578. The number of nitrogens with one attached hydrogen (secondary N) is 2. The van der Waals surface area contributed by atoms with Crippen LogP contribution in [0.4, 0.5) is 5.82 Å². The Labute approximate surface area is 101 Å². The van der Waals surface area contributed by atoms with Crippen LogP contribution in [0.2, 0.25) is 0 Å². The molecule has 92 valence electrons. The number of carbonyl (C=O) groups is 1. The summed E-state index contributed by atoms with van der Waals surface area (Å²) in [7, 11) is 0. The Hall–Kier alpha value is -2.97. The highest BCUT2D eigenvalue weighted by Crippen LogP contribution is 2.11. The number of nitrogens with two attached hydrogens (primary N) is 1. The number of amides is 1. The molecule has 0 fully saturated rings. The van der Waals surface area contributed by atoms with Crippen molar-refractivity contribution >= 4 is 17.6 Å². The minimum Gasteiger partial charge on any atom is -0.409 e. The minimum atomic E-state index is -0.438. The molecule has 2 aromatic heterocycles. The van der Waals surface area contributed by atoms with Crippen molar-refractivity contribution in [3.05, 3.63) is 36.0 Å². The third-order valence-electron chi connectivity index (χ3n) is 2.08. The van der Waals surface area contributed by atoms with Crippen LogP contribution in [0.1, 0.15) is 15.9 Å². The Balaban J connectivity index is 2.21. The lowest BCUT2D eigenvalue weighted by molar-refractivity contribution is 0.102. The van der Waals surface area contributed by atoms with Gasteiger partial charge in [-0.1, -0.05) is 5.16 Å². The van der Waals surface area contributed by atoms with Crippen LogP contribution >= 0.6 is 0 Å². The molecule has 0 radical (unpaired) electrons. The van der Waals surface area contributed by atoms with Crippen LogP contribution in [0.5, 0.6) is 0 Å². The molecule has 0 spiro atoms. The predicted octanol–water partition coefficient (Wildman–Crippen LogP) is -0.454. The second-order valence-corrected chi connectivity index (χ2v) is 3.23. The van der Waals surface area contributed by atoms with E-state index in [1.807, 2.05) is 0 Å². The first-order chi connectivity index (χ1) is 8.72. The number of carbonyl (C=O) groups excluding carboxylic acids is 1. The first kappa shape index (κ1) is 11.5. The van der Waals surface area contributed by atoms with Crippen LogP contribution < -0.4 is 11.1 Å². The zero-order valence-corrected chi connectivity index (χ0v) is 9.03. The van der Waals surface area contributed by atoms with Crippen molar-refractivity contribution in [1.29, 1.82) is 0 Å². The van der Waals surface area contributed by atoms with Gasteiger partial charge in [0.1, 0.15) is 12.1 Å². The lowest BCUT2D eigenvalue weighted by Gasteiger charge is -2.03. The van der Waals surface area contributed by atoms with Crippen LogP contribution in [0, 0.1) is 0 Å². The Morgan fingerprint density at radius 1 is 1.39 bits per heavy atom. The van der Waals surface area contributed by atoms with E-state index >= 15 is 0 Å². The molecule has 2 aromatic rings. The van der Waals surface area contributed by atoms with Crippen LogP contribution in [0.3, 0.4) is 0 Å². The van der Waals surface area contributed by atoms with Crippen molar-refractivity contribution in [3.8, 4) is 0 Å². The average Bonchev–Trinajstić information content (AvgIpc) is 2.87. The van der Waals surface area contributed by atoms with Crippen LogP contribution in [0.15, 0.2) is 30.1 Å². The van der Waals surface area contributed by atoms with E-state index in [1.165, 1.54) is 24.9 Å². The van der Waals surface area contributed by atoms with Crippen LogP contribution in [-0.2, 0) is 0 Å². The van der Waals surface area contributed by atoms with Gasteiger partial charge < -0.3 is 16.3 Å². The summed E-state index contributed by atoms with van der Waals surface area (Å²) in [6.07, 6.45) is 5.37. The summed E-state index contributed by atoms with van der Waals surface area (Å²) in [6, 6.07) is 0. The molecule has 0 atom stereocenters. The van der Waals surface area contributed by atoms with Crippen LogP contribution in [0.25, 0.3) is 0 Å².